The summed E-state index contributed by atoms with van der Waals surface area (Å²) in [4.78, 5) is 11.1. The van der Waals surface area contributed by atoms with Crippen molar-refractivity contribution in [2.45, 2.75) is 6.54 Å². The van der Waals surface area contributed by atoms with Gasteiger partial charge in [-0.1, -0.05) is 23.7 Å². The lowest BCUT2D eigenvalue weighted by atomic mass is 10.1. The Balaban J connectivity index is 2.21. The van der Waals surface area contributed by atoms with Crippen molar-refractivity contribution in [3.05, 3.63) is 64.2 Å². The van der Waals surface area contributed by atoms with Gasteiger partial charge in [-0.2, -0.15) is 0 Å². The normalized spacial score (nSPS) is 10.3. The maximum atomic E-state index is 13.1. The largest absolute Gasteiger partial charge is 0.478 e. The van der Waals surface area contributed by atoms with Crippen molar-refractivity contribution in [1.29, 1.82) is 0 Å². The van der Waals surface area contributed by atoms with E-state index in [2.05, 4.69) is 5.32 Å². The van der Waals surface area contributed by atoms with Crippen LogP contribution < -0.4 is 5.32 Å². The fourth-order valence-corrected chi connectivity index (χ4v) is 1.99. The molecule has 0 saturated heterocycles. The van der Waals surface area contributed by atoms with Gasteiger partial charge in [0, 0.05) is 6.54 Å². The number of halogens is 3. The summed E-state index contributed by atoms with van der Waals surface area (Å²) in [5.74, 6) is -3.04. The highest BCUT2D eigenvalue weighted by molar-refractivity contribution is 6.34. The van der Waals surface area contributed by atoms with Crippen LogP contribution in [-0.2, 0) is 6.54 Å². The minimum absolute atomic E-state index is 0.0586. The first-order valence-corrected chi connectivity index (χ1v) is 6.06. The number of carboxylic acid groups (broad SMARTS) is 1. The van der Waals surface area contributed by atoms with Crippen molar-refractivity contribution in [2.24, 2.45) is 0 Å². The summed E-state index contributed by atoms with van der Waals surface area (Å²) in [6.45, 7) is 0.151. The number of hydrogen-bond donors (Lipinski definition) is 2. The number of aromatic carboxylic acids is 1. The van der Waals surface area contributed by atoms with Crippen molar-refractivity contribution < 1.29 is 18.7 Å². The SMILES string of the molecule is O=C(O)c1c(Cl)cccc1NCc1ccc(F)c(F)c1. The molecule has 104 valence electrons. The summed E-state index contributed by atoms with van der Waals surface area (Å²) in [6.07, 6.45) is 0. The molecule has 0 aromatic heterocycles. The molecule has 2 aromatic carbocycles. The number of anilines is 1. The zero-order chi connectivity index (χ0) is 14.7. The van der Waals surface area contributed by atoms with Gasteiger partial charge in [-0.3, -0.25) is 0 Å². The van der Waals surface area contributed by atoms with Crippen molar-refractivity contribution in [1.82, 2.24) is 0 Å². The zero-order valence-corrected chi connectivity index (χ0v) is 10.9. The first-order chi connectivity index (χ1) is 9.49. The lowest BCUT2D eigenvalue weighted by Crippen LogP contribution is -2.07. The maximum absolute atomic E-state index is 13.1. The van der Waals surface area contributed by atoms with Crippen molar-refractivity contribution in [2.75, 3.05) is 5.32 Å². The molecule has 0 aliphatic heterocycles. The van der Waals surface area contributed by atoms with Gasteiger partial charge in [-0.25, -0.2) is 13.6 Å². The summed E-state index contributed by atoms with van der Waals surface area (Å²) in [6, 6.07) is 8.09. The van der Waals surface area contributed by atoms with Crippen molar-refractivity contribution in [3.63, 3.8) is 0 Å². The molecule has 0 heterocycles. The van der Waals surface area contributed by atoms with E-state index in [9.17, 15) is 13.6 Å². The Morgan fingerprint density at radius 3 is 2.60 bits per heavy atom. The van der Waals surface area contributed by atoms with E-state index in [4.69, 9.17) is 16.7 Å². The molecule has 0 bridgehead atoms. The summed E-state index contributed by atoms with van der Waals surface area (Å²) in [5, 5.41) is 12.0. The molecular weight excluding hydrogens is 288 g/mol. The fraction of sp³-hybridized carbons (Fsp3) is 0.0714. The number of rotatable bonds is 4. The molecule has 6 heteroatoms. The predicted molar refractivity (Wildman–Crippen MR) is 72.1 cm³/mol. The molecule has 0 spiro atoms. The van der Waals surface area contributed by atoms with E-state index in [0.29, 0.717) is 11.3 Å². The molecule has 0 saturated carbocycles. The molecule has 0 aliphatic rings. The van der Waals surface area contributed by atoms with E-state index >= 15 is 0 Å². The number of carboxylic acids is 1. The third kappa shape index (κ3) is 3.05. The smallest absolute Gasteiger partial charge is 0.339 e. The molecule has 3 nitrogen and oxygen atoms in total. The molecule has 0 radical (unpaired) electrons. The molecule has 2 N–H and O–H groups in total. The predicted octanol–water partition coefficient (Wildman–Crippen LogP) is 3.93. The second-order valence-corrected chi connectivity index (χ2v) is 4.48. The maximum Gasteiger partial charge on any atom is 0.339 e. The first kappa shape index (κ1) is 14.3. The lowest BCUT2D eigenvalue weighted by Gasteiger charge is -2.11. The highest BCUT2D eigenvalue weighted by Gasteiger charge is 2.14. The van der Waals surface area contributed by atoms with Gasteiger partial charge in [0.25, 0.3) is 0 Å². The van der Waals surface area contributed by atoms with Gasteiger partial charge >= 0.3 is 5.97 Å². The molecule has 0 atom stereocenters. The van der Waals surface area contributed by atoms with Crippen LogP contribution >= 0.6 is 11.6 Å². The van der Waals surface area contributed by atoms with E-state index in [1.165, 1.54) is 12.1 Å². The summed E-state index contributed by atoms with van der Waals surface area (Å²) in [5.41, 5.74) is 0.742. The van der Waals surface area contributed by atoms with Crippen LogP contribution in [0.15, 0.2) is 36.4 Å². The Morgan fingerprint density at radius 2 is 1.95 bits per heavy atom. The Kier molecular flexibility index (Phi) is 4.20. The molecular formula is C14H10ClF2NO2. The molecule has 20 heavy (non-hydrogen) atoms. The van der Waals surface area contributed by atoms with Crippen LogP contribution in [0, 0.1) is 11.6 Å². The van der Waals surface area contributed by atoms with E-state index in [-0.39, 0.29) is 17.1 Å². The van der Waals surface area contributed by atoms with Crippen LogP contribution in [-0.4, -0.2) is 11.1 Å². The van der Waals surface area contributed by atoms with E-state index in [1.54, 1.807) is 12.1 Å². The molecule has 0 fully saturated rings. The lowest BCUT2D eigenvalue weighted by molar-refractivity contribution is 0.0698. The quantitative estimate of drug-likeness (QED) is 0.899. The molecule has 0 unspecified atom stereocenters. The van der Waals surface area contributed by atoms with E-state index in [1.807, 2.05) is 0 Å². The van der Waals surface area contributed by atoms with E-state index < -0.39 is 17.6 Å². The van der Waals surface area contributed by atoms with Gasteiger partial charge < -0.3 is 10.4 Å². The fourth-order valence-electron chi connectivity index (χ4n) is 1.74. The number of hydrogen-bond acceptors (Lipinski definition) is 2. The second kappa shape index (κ2) is 5.88. The minimum Gasteiger partial charge on any atom is -0.478 e. The van der Waals surface area contributed by atoms with Crippen LogP contribution in [0.1, 0.15) is 15.9 Å². The Morgan fingerprint density at radius 1 is 1.20 bits per heavy atom. The third-order valence-corrected chi connectivity index (χ3v) is 3.01. The van der Waals surface area contributed by atoms with Gasteiger partial charge in [0.05, 0.1) is 10.7 Å². The monoisotopic (exact) mass is 297 g/mol. The van der Waals surface area contributed by atoms with Gasteiger partial charge in [0.1, 0.15) is 5.56 Å². The topological polar surface area (TPSA) is 49.3 Å². The van der Waals surface area contributed by atoms with Crippen LogP contribution in [0.5, 0.6) is 0 Å². The highest BCUT2D eigenvalue weighted by atomic mass is 35.5. The third-order valence-electron chi connectivity index (χ3n) is 2.69. The Hall–Kier alpha value is -2.14. The van der Waals surface area contributed by atoms with Crippen LogP contribution in [0.3, 0.4) is 0 Å². The number of carbonyl (C=O) groups is 1. The van der Waals surface area contributed by atoms with Crippen LogP contribution in [0.2, 0.25) is 5.02 Å². The molecule has 0 aliphatic carbocycles. The highest BCUT2D eigenvalue weighted by Crippen LogP contribution is 2.25. The van der Waals surface area contributed by atoms with Crippen LogP contribution in [0.4, 0.5) is 14.5 Å². The standard InChI is InChI=1S/C14H10ClF2NO2/c15-9-2-1-3-12(13(9)14(19)20)18-7-8-4-5-10(16)11(17)6-8/h1-6,18H,7H2,(H,19,20). The van der Waals surface area contributed by atoms with Crippen molar-refractivity contribution in [3.8, 4) is 0 Å². The van der Waals surface area contributed by atoms with E-state index in [0.717, 1.165) is 12.1 Å². The number of nitrogens with one attached hydrogen (secondary N) is 1. The van der Waals surface area contributed by atoms with Gasteiger partial charge in [-0.05, 0) is 29.8 Å². The Bertz CT molecular complexity index is 662. The summed E-state index contributed by atoms with van der Waals surface area (Å²) < 4.78 is 25.9. The molecule has 2 aromatic rings. The summed E-state index contributed by atoms with van der Waals surface area (Å²) >= 11 is 5.82. The average Bonchev–Trinajstić information content (AvgIpc) is 2.39. The van der Waals surface area contributed by atoms with Gasteiger partial charge in [-0.15, -0.1) is 0 Å². The first-order valence-electron chi connectivity index (χ1n) is 5.68. The van der Waals surface area contributed by atoms with Gasteiger partial charge in [0.15, 0.2) is 11.6 Å². The number of benzene rings is 2. The molecule has 2 rings (SSSR count). The molecule has 0 amide bonds. The average molecular weight is 298 g/mol. The Labute approximate surface area is 118 Å². The zero-order valence-electron chi connectivity index (χ0n) is 10.2. The minimum atomic E-state index is -1.16. The van der Waals surface area contributed by atoms with Crippen molar-refractivity contribution >= 4 is 23.3 Å². The van der Waals surface area contributed by atoms with Crippen LogP contribution in [0.25, 0.3) is 0 Å². The van der Waals surface area contributed by atoms with Gasteiger partial charge in [0.2, 0.25) is 0 Å². The summed E-state index contributed by atoms with van der Waals surface area (Å²) in [7, 11) is 0. The second-order valence-electron chi connectivity index (χ2n) is 4.07.